The van der Waals surface area contributed by atoms with Gasteiger partial charge in [0.1, 0.15) is 11.0 Å². The second-order valence-electron chi connectivity index (χ2n) is 10.6. The summed E-state index contributed by atoms with van der Waals surface area (Å²) in [4.78, 5) is 43.2. The van der Waals surface area contributed by atoms with Crippen LogP contribution in [0.5, 0.6) is 0 Å². The number of piperazine rings is 2. The zero-order chi connectivity index (χ0) is 28.9. The molecule has 11 heteroatoms. The van der Waals surface area contributed by atoms with Crippen LogP contribution in [0.25, 0.3) is 0 Å². The number of thioether (sulfide) groups is 1. The van der Waals surface area contributed by atoms with Gasteiger partial charge >= 0.3 is 6.03 Å². The molecule has 0 radical (unpaired) electrons. The number of aryl methyl sites for hydroxylation is 2. The van der Waals surface area contributed by atoms with Gasteiger partial charge in [0.25, 0.3) is 0 Å². The normalized spacial score (nSPS) is 17.5. The summed E-state index contributed by atoms with van der Waals surface area (Å²) in [5, 5.41) is 3.82. The zero-order valence-corrected chi connectivity index (χ0v) is 25.3. The van der Waals surface area contributed by atoms with Crippen molar-refractivity contribution in [2.45, 2.75) is 32.0 Å². The third-order valence-corrected chi connectivity index (χ3v) is 8.58. The second-order valence-corrected chi connectivity index (χ2v) is 11.9. The van der Waals surface area contributed by atoms with Crippen molar-refractivity contribution in [3.63, 3.8) is 0 Å². The van der Waals surface area contributed by atoms with Gasteiger partial charge in [-0.3, -0.25) is 4.79 Å². The van der Waals surface area contributed by atoms with Crippen molar-refractivity contribution in [3.05, 3.63) is 70.9 Å². The van der Waals surface area contributed by atoms with Gasteiger partial charge in [-0.05, 0) is 50.1 Å². The number of benzene rings is 2. The Hall–Kier alpha value is -3.50. The Morgan fingerprint density at radius 2 is 1.71 bits per heavy atom. The van der Waals surface area contributed by atoms with E-state index in [2.05, 4.69) is 45.2 Å². The molecule has 0 bridgehead atoms. The monoisotopic (exact) mass is 593 g/mol. The minimum atomic E-state index is -0.113. The van der Waals surface area contributed by atoms with E-state index in [9.17, 15) is 9.59 Å². The number of hydrogen-bond acceptors (Lipinski definition) is 7. The third-order valence-electron chi connectivity index (χ3n) is 7.56. The van der Waals surface area contributed by atoms with Gasteiger partial charge in [-0.15, -0.1) is 0 Å². The smallest absolute Gasteiger partial charge is 0.322 e. The number of anilines is 3. The van der Waals surface area contributed by atoms with Crippen molar-refractivity contribution in [1.82, 2.24) is 19.8 Å². The fraction of sp³-hybridized carbons (Fsp3) is 0.400. The maximum atomic E-state index is 13.0. The molecule has 1 N–H and O–H groups in total. The van der Waals surface area contributed by atoms with E-state index in [-0.39, 0.29) is 23.7 Å². The minimum Gasteiger partial charge on any atom is -0.368 e. The van der Waals surface area contributed by atoms with E-state index >= 15 is 0 Å². The maximum Gasteiger partial charge on any atom is 0.322 e. The summed E-state index contributed by atoms with van der Waals surface area (Å²) in [6, 6.07) is 17.7. The summed E-state index contributed by atoms with van der Waals surface area (Å²) in [6.07, 6.45) is 0. The molecular formula is C30H36ClN7O2S. The molecule has 1 unspecified atom stereocenters. The number of nitrogens with zero attached hydrogens (tertiary/aromatic N) is 6. The van der Waals surface area contributed by atoms with Crippen LogP contribution in [-0.4, -0.2) is 89.3 Å². The summed E-state index contributed by atoms with van der Waals surface area (Å²) in [5.41, 5.74) is 4.36. The Morgan fingerprint density at radius 1 is 0.951 bits per heavy atom. The number of aromatic nitrogens is 2. The number of hydrogen-bond donors (Lipinski definition) is 1. The minimum absolute atomic E-state index is 0.0293. The molecule has 2 aromatic carbocycles. The second kappa shape index (κ2) is 13.0. The van der Waals surface area contributed by atoms with Crippen LogP contribution in [0.15, 0.2) is 59.8 Å². The molecule has 3 aromatic rings. The van der Waals surface area contributed by atoms with Crippen LogP contribution in [0.4, 0.5) is 22.0 Å². The fourth-order valence-electron chi connectivity index (χ4n) is 5.33. The lowest BCUT2D eigenvalue weighted by Crippen LogP contribution is -2.55. The van der Waals surface area contributed by atoms with Gasteiger partial charge in [-0.1, -0.05) is 53.7 Å². The highest BCUT2D eigenvalue weighted by atomic mass is 35.5. The largest absolute Gasteiger partial charge is 0.368 e. The molecule has 2 aliphatic rings. The standard InChI is InChI=1S/C30H36ClN7O2S/c1-21-7-6-9-24(17-21)32-30(40)38-16-15-37(19-23(38)3)27-18-26(31)33-29(34-27)41-20-28(39)36-13-11-35(12-14-36)25-10-5-4-8-22(25)2/h4-10,17-18,23H,11-16,19-20H2,1-3H3,(H,32,40). The van der Waals surface area contributed by atoms with Gasteiger partial charge in [0.15, 0.2) is 5.16 Å². The van der Waals surface area contributed by atoms with E-state index in [1.807, 2.05) is 54.0 Å². The topological polar surface area (TPSA) is 84.9 Å². The SMILES string of the molecule is Cc1cccc(NC(=O)N2CCN(c3cc(Cl)nc(SCC(=O)N4CCN(c5ccccc5C)CC4)n3)CC2C)c1. The van der Waals surface area contributed by atoms with E-state index in [0.717, 1.165) is 24.3 Å². The lowest BCUT2D eigenvalue weighted by molar-refractivity contribution is -0.128. The van der Waals surface area contributed by atoms with Gasteiger partial charge in [-0.2, -0.15) is 0 Å². The van der Waals surface area contributed by atoms with Crippen LogP contribution in [0.2, 0.25) is 5.15 Å². The van der Waals surface area contributed by atoms with Gasteiger partial charge in [-0.25, -0.2) is 14.8 Å². The molecule has 9 nitrogen and oxygen atoms in total. The van der Waals surface area contributed by atoms with E-state index in [4.69, 9.17) is 16.6 Å². The molecule has 3 amide bonds. The first-order chi connectivity index (χ1) is 19.8. The molecule has 3 heterocycles. The molecule has 0 spiro atoms. The number of urea groups is 1. The molecule has 1 atom stereocenters. The zero-order valence-electron chi connectivity index (χ0n) is 23.7. The number of nitrogens with one attached hydrogen (secondary N) is 1. The maximum absolute atomic E-state index is 13.0. The molecule has 2 fully saturated rings. The first kappa shape index (κ1) is 29.0. The first-order valence-electron chi connectivity index (χ1n) is 13.9. The Labute approximate surface area is 250 Å². The molecule has 216 valence electrons. The van der Waals surface area contributed by atoms with Gasteiger partial charge in [0.2, 0.25) is 5.91 Å². The highest BCUT2D eigenvalue weighted by Gasteiger charge is 2.29. The Bertz CT molecular complexity index is 1400. The Kier molecular flexibility index (Phi) is 9.19. The molecule has 2 saturated heterocycles. The molecule has 1 aromatic heterocycles. The van der Waals surface area contributed by atoms with Crippen LogP contribution in [0.1, 0.15) is 18.1 Å². The quantitative estimate of drug-likeness (QED) is 0.246. The van der Waals surface area contributed by atoms with E-state index in [1.54, 1.807) is 6.07 Å². The van der Waals surface area contributed by atoms with Crippen LogP contribution in [0.3, 0.4) is 0 Å². The predicted octanol–water partition coefficient (Wildman–Crippen LogP) is 4.93. The van der Waals surface area contributed by atoms with E-state index < -0.39 is 0 Å². The van der Waals surface area contributed by atoms with Crippen molar-refractivity contribution < 1.29 is 9.59 Å². The molecule has 2 aliphatic heterocycles. The number of para-hydroxylation sites is 1. The molecular weight excluding hydrogens is 558 g/mol. The number of carbonyl (C=O) groups excluding carboxylic acids is 2. The van der Waals surface area contributed by atoms with Crippen molar-refractivity contribution in [1.29, 1.82) is 0 Å². The van der Waals surface area contributed by atoms with E-state index in [0.29, 0.717) is 48.9 Å². The number of amides is 3. The van der Waals surface area contributed by atoms with Crippen molar-refractivity contribution in [2.75, 3.05) is 66.7 Å². The summed E-state index contributed by atoms with van der Waals surface area (Å²) in [5.74, 6) is 1.04. The number of rotatable bonds is 6. The Balaban J connectivity index is 1.13. The lowest BCUT2D eigenvalue weighted by Gasteiger charge is -2.40. The molecule has 0 saturated carbocycles. The van der Waals surface area contributed by atoms with Crippen molar-refractivity contribution in [2.24, 2.45) is 0 Å². The van der Waals surface area contributed by atoms with E-state index in [1.165, 1.54) is 23.0 Å². The van der Waals surface area contributed by atoms with Crippen molar-refractivity contribution >= 4 is 52.5 Å². The fourth-order valence-corrected chi connectivity index (χ4v) is 6.31. The highest BCUT2D eigenvalue weighted by Crippen LogP contribution is 2.26. The number of halogens is 1. The lowest BCUT2D eigenvalue weighted by atomic mass is 10.1. The third kappa shape index (κ3) is 7.23. The van der Waals surface area contributed by atoms with Crippen LogP contribution in [-0.2, 0) is 4.79 Å². The summed E-state index contributed by atoms with van der Waals surface area (Å²) in [6.45, 7) is 10.9. The van der Waals surface area contributed by atoms with Crippen LogP contribution >= 0.6 is 23.4 Å². The summed E-state index contributed by atoms with van der Waals surface area (Å²) >= 11 is 7.68. The number of carbonyl (C=O) groups is 2. The first-order valence-corrected chi connectivity index (χ1v) is 15.3. The van der Waals surface area contributed by atoms with Crippen molar-refractivity contribution in [3.8, 4) is 0 Å². The van der Waals surface area contributed by atoms with Gasteiger partial charge in [0, 0.05) is 69.3 Å². The summed E-state index contributed by atoms with van der Waals surface area (Å²) in [7, 11) is 0. The summed E-state index contributed by atoms with van der Waals surface area (Å²) < 4.78 is 0. The average molecular weight is 594 g/mol. The molecule has 5 rings (SSSR count). The average Bonchev–Trinajstić information content (AvgIpc) is 2.96. The van der Waals surface area contributed by atoms with Gasteiger partial charge < -0.3 is 24.9 Å². The van der Waals surface area contributed by atoms with Crippen LogP contribution in [0, 0.1) is 13.8 Å². The van der Waals surface area contributed by atoms with Gasteiger partial charge in [0.05, 0.1) is 5.75 Å². The molecule has 0 aliphatic carbocycles. The molecule has 41 heavy (non-hydrogen) atoms. The Morgan fingerprint density at radius 3 is 2.44 bits per heavy atom. The highest BCUT2D eigenvalue weighted by molar-refractivity contribution is 7.99. The predicted molar refractivity (Wildman–Crippen MR) is 166 cm³/mol. The van der Waals surface area contributed by atoms with Crippen LogP contribution < -0.4 is 15.1 Å².